The molecule has 1 heterocycles. The zero-order valence-corrected chi connectivity index (χ0v) is 14.6. The molecule has 0 spiro atoms. The van der Waals surface area contributed by atoms with Crippen LogP contribution in [-0.4, -0.2) is 32.2 Å². The number of aryl methyl sites for hydroxylation is 1. The topological polar surface area (TPSA) is 72.7 Å². The summed E-state index contributed by atoms with van der Waals surface area (Å²) in [5, 5.41) is 15.5. The van der Waals surface area contributed by atoms with E-state index in [1.165, 1.54) is 29.6 Å². The molecule has 1 aromatic carbocycles. The highest BCUT2D eigenvalue weighted by molar-refractivity contribution is 5.76. The second-order valence-electron chi connectivity index (χ2n) is 6.99. The van der Waals surface area contributed by atoms with E-state index in [1.807, 2.05) is 31.2 Å². The third-order valence-electron chi connectivity index (χ3n) is 4.92. The first-order valence-electron chi connectivity index (χ1n) is 8.67. The Labute approximate surface area is 142 Å². The smallest absolute Gasteiger partial charge is 0.243 e. The number of nitrogens with one attached hydrogen (secondary N) is 1. The largest absolute Gasteiger partial charge is 0.351 e. The molecular formula is C18H25N5O. The minimum Gasteiger partial charge on any atom is -0.351 e. The second kappa shape index (κ2) is 7.11. The van der Waals surface area contributed by atoms with Crippen LogP contribution in [0.5, 0.6) is 0 Å². The van der Waals surface area contributed by atoms with E-state index in [9.17, 15) is 4.79 Å². The molecule has 3 rings (SSSR count). The Kier molecular flexibility index (Phi) is 4.92. The van der Waals surface area contributed by atoms with Crippen LogP contribution in [0.2, 0.25) is 0 Å². The van der Waals surface area contributed by atoms with E-state index in [-0.39, 0.29) is 18.5 Å². The van der Waals surface area contributed by atoms with E-state index < -0.39 is 0 Å². The number of carbonyl (C=O) groups excluding carboxylic acids is 1. The third-order valence-corrected chi connectivity index (χ3v) is 4.92. The SMILES string of the molecule is Cc1ccc(-c2nnn(CC(=O)NC3C(C)CCCC3C)n2)cc1. The van der Waals surface area contributed by atoms with Crippen molar-refractivity contribution in [3.8, 4) is 11.4 Å². The molecule has 0 aliphatic heterocycles. The van der Waals surface area contributed by atoms with Crippen LogP contribution in [0.4, 0.5) is 0 Å². The summed E-state index contributed by atoms with van der Waals surface area (Å²) >= 11 is 0. The Morgan fingerprint density at radius 2 is 1.88 bits per heavy atom. The first-order chi connectivity index (χ1) is 11.5. The summed E-state index contributed by atoms with van der Waals surface area (Å²) in [5.74, 6) is 1.53. The van der Waals surface area contributed by atoms with Crippen molar-refractivity contribution in [3.05, 3.63) is 29.8 Å². The summed E-state index contributed by atoms with van der Waals surface area (Å²) in [6.45, 7) is 6.56. The highest BCUT2D eigenvalue weighted by Crippen LogP contribution is 2.28. The van der Waals surface area contributed by atoms with Gasteiger partial charge in [0.05, 0.1) is 0 Å². The van der Waals surface area contributed by atoms with Crippen molar-refractivity contribution in [2.24, 2.45) is 11.8 Å². The summed E-state index contributed by atoms with van der Waals surface area (Å²) < 4.78 is 0. The second-order valence-corrected chi connectivity index (χ2v) is 6.99. The Bertz CT molecular complexity index is 684. The van der Waals surface area contributed by atoms with Crippen LogP contribution < -0.4 is 5.32 Å². The van der Waals surface area contributed by atoms with E-state index in [4.69, 9.17) is 0 Å². The molecular weight excluding hydrogens is 302 g/mol. The van der Waals surface area contributed by atoms with Crippen molar-refractivity contribution < 1.29 is 4.79 Å². The lowest BCUT2D eigenvalue weighted by molar-refractivity contribution is -0.123. The summed E-state index contributed by atoms with van der Waals surface area (Å²) in [4.78, 5) is 13.7. The Morgan fingerprint density at radius 3 is 2.54 bits per heavy atom. The maximum atomic E-state index is 12.3. The van der Waals surface area contributed by atoms with Crippen molar-refractivity contribution in [3.63, 3.8) is 0 Å². The molecule has 2 aromatic rings. The van der Waals surface area contributed by atoms with Gasteiger partial charge in [-0.15, -0.1) is 10.2 Å². The van der Waals surface area contributed by atoms with E-state index in [2.05, 4.69) is 34.6 Å². The van der Waals surface area contributed by atoms with Gasteiger partial charge in [0.15, 0.2) is 0 Å². The molecule has 1 amide bonds. The number of hydrogen-bond donors (Lipinski definition) is 1. The lowest BCUT2D eigenvalue weighted by Crippen LogP contribution is -2.46. The molecule has 2 unspecified atom stereocenters. The molecule has 1 fully saturated rings. The molecule has 1 saturated carbocycles. The number of benzene rings is 1. The quantitative estimate of drug-likeness (QED) is 0.937. The van der Waals surface area contributed by atoms with Gasteiger partial charge in [0.25, 0.3) is 0 Å². The minimum absolute atomic E-state index is 0.0477. The van der Waals surface area contributed by atoms with Gasteiger partial charge in [0.1, 0.15) is 6.54 Å². The maximum Gasteiger partial charge on any atom is 0.243 e. The summed E-state index contributed by atoms with van der Waals surface area (Å²) in [7, 11) is 0. The van der Waals surface area contributed by atoms with Gasteiger partial charge < -0.3 is 5.32 Å². The first-order valence-corrected chi connectivity index (χ1v) is 8.67. The van der Waals surface area contributed by atoms with Crippen LogP contribution in [0, 0.1) is 18.8 Å². The standard InChI is InChI=1S/C18H25N5O/c1-12-7-9-15(10-8-12)18-20-22-23(21-18)11-16(24)19-17-13(2)5-4-6-14(17)3/h7-10,13-14,17H,4-6,11H2,1-3H3,(H,19,24). The zero-order chi connectivity index (χ0) is 17.1. The minimum atomic E-state index is -0.0477. The molecule has 1 aliphatic rings. The van der Waals surface area contributed by atoms with E-state index >= 15 is 0 Å². The summed E-state index contributed by atoms with van der Waals surface area (Å²) in [5.41, 5.74) is 2.09. The van der Waals surface area contributed by atoms with Gasteiger partial charge in [-0.2, -0.15) is 4.80 Å². The molecule has 1 aliphatic carbocycles. The van der Waals surface area contributed by atoms with E-state index in [1.54, 1.807) is 0 Å². The number of tetrazole rings is 1. The normalized spacial score (nSPS) is 23.9. The average Bonchev–Trinajstić information content (AvgIpc) is 3.00. The number of nitrogens with zero attached hydrogens (tertiary/aromatic N) is 4. The third kappa shape index (κ3) is 3.80. The molecule has 6 nitrogen and oxygen atoms in total. The molecule has 0 bridgehead atoms. The fourth-order valence-corrected chi connectivity index (χ4v) is 3.45. The van der Waals surface area contributed by atoms with Crippen molar-refractivity contribution in [1.29, 1.82) is 0 Å². The van der Waals surface area contributed by atoms with Crippen LogP contribution in [0.15, 0.2) is 24.3 Å². The van der Waals surface area contributed by atoms with E-state index in [0.29, 0.717) is 17.7 Å². The van der Waals surface area contributed by atoms with Crippen LogP contribution >= 0.6 is 0 Å². The lowest BCUT2D eigenvalue weighted by atomic mass is 9.79. The molecule has 128 valence electrons. The van der Waals surface area contributed by atoms with Crippen molar-refractivity contribution in [1.82, 2.24) is 25.5 Å². The van der Waals surface area contributed by atoms with Gasteiger partial charge in [-0.25, -0.2) is 0 Å². The first kappa shape index (κ1) is 16.6. The number of aromatic nitrogens is 4. The molecule has 24 heavy (non-hydrogen) atoms. The fourth-order valence-electron chi connectivity index (χ4n) is 3.45. The lowest BCUT2D eigenvalue weighted by Gasteiger charge is -2.35. The highest BCUT2D eigenvalue weighted by Gasteiger charge is 2.29. The maximum absolute atomic E-state index is 12.3. The van der Waals surface area contributed by atoms with Gasteiger partial charge in [-0.05, 0) is 36.8 Å². The van der Waals surface area contributed by atoms with Crippen molar-refractivity contribution in [2.45, 2.75) is 52.6 Å². The molecule has 2 atom stereocenters. The summed E-state index contributed by atoms with van der Waals surface area (Å²) in [6.07, 6.45) is 3.60. The van der Waals surface area contributed by atoms with Gasteiger partial charge in [-0.1, -0.05) is 50.1 Å². The van der Waals surface area contributed by atoms with Crippen LogP contribution in [0.1, 0.15) is 38.7 Å². The predicted octanol–water partition coefficient (Wildman–Crippen LogP) is 2.59. The predicted molar refractivity (Wildman–Crippen MR) is 92.1 cm³/mol. The molecule has 6 heteroatoms. The number of hydrogen-bond acceptors (Lipinski definition) is 4. The van der Waals surface area contributed by atoms with Crippen LogP contribution in [0.3, 0.4) is 0 Å². The monoisotopic (exact) mass is 327 g/mol. The van der Waals surface area contributed by atoms with Crippen molar-refractivity contribution >= 4 is 5.91 Å². The molecule has 1 aromatic heterocycles. The number of rotatable bonds is 4. The van der Waals surface area contributed by atoms with Crippen LogP contribution in [0.25, 0.3) is 11.4 Å². The van der Waals surface area contributed by atoms with Gasteiger partial charge in [-0.3, -0.25) is 4.79 Å². The molecule has 0 radical (unpaired) electrons. The highest BCUT2D eigenvalue weighted by atomic mass is 16.2. The van der Waals surface area contributed by atoms with Crippen LogP contribution in [-0.2, 0) is 11.3 Å². The Hall–Kier alpha value is -2.24. The number of carbonyl (C=O) groups is 1. The summed E-state index contributed by atoms with van der Waals surface area (Å²) in [6, 6.07) is 8.18. The van der Waals surface area contributed by atoms with Crippen molar-refractivity contribution in [2.75, 3.05) is 0 Å². The zero-order valence-electron chi connectivity index (χ0n) is 14.6. The Balaban J connectivity index is 1.62. The Morgan fingerprint density at radius 1 is 1.21 bits per heavy atom. The van der Waals surface area contributed by atoms with E-state index in [0.717, 1.165) is 5.56 Å². The van der Waals surface area contributed by atoms with Gasteiger partial charge in [0, 0.05) is 11.6 Å². The average molecular weight is 327 g/mol. The van der Waals surface area contributed by atoms with Gasteiger partial charge >= 0.3 is 0 Å². The fraction of sp³-hybridized carbons (Fsp3) is 0.556. The molecule has 0 saturated heterocycles. The van der Waals surface area contributed by atoms with Gasteiger partial charge in [0.2, 0.25) is 11.7 Å². The molecule has 1 N–H and O–H groups in total. The number of amides is 1.